The molecule has 5 nitrogen and oxygen atoms in total. The van der Waals surface area contributed by atoms with E-state index >= 15 is 0 Å². The lowest BCUT2D eigenvalue weighted by molar-refractivity contribution is 0.0595. The molecule has 0 aliphatic carbocycles. The van der Waals surface area contributed by atoms with Crippen molar-refractivity contribution in [2.24, 2.45) is 0 Å². The van der Waals surface area contributed by atoms with E-state index in [9.17, 15) is 4.79 Å². The van der Waals surface area contributed by atoms with E-state index in [1.807, 2.05) is 24.3 Å². The molecule has 0 bridgehead atoms. The number of benzene rings is 1. The second-order valence-electron chi connectivity index (χ2n) is 3.34. The van der Waals surface area contributed by atoms with Crippen molar-refractivity contribution < 1.29 is 14.3 Å². The third kappa shape index (κ3) is 2.13. The van der Waals surface area contributed by atoms with E-state index in [2.05, 4.69) is 14.7 Å². The van der Waals surface area contributed by atoms with Crippen molar-refractivity contribution in [3.05, 3.63) is 36.2 Å². The number of carbonyl (C=O) groups excluding carboxylic acids is 1. The third-order valence-electron chi connectivity index (χ3n) is 2.34. The molecule has 0 aliphatic rings. The van der Waals surface area contributed by atoms with Gasteiger partial charge in [-0.25, -0.2) is 9.78 Å². The second-order valence-corrected chi connectivity index (χ2v) is 3.34. The number of carbonyl (C=O) groups is 1. The number of imidazole rings is 1. The molecule has 2 aromatic rings. The SMILES string of the molecule is COC(=O)c1cnc(-c2ccccc2OC)[nH]1. The lowest BCUT2D eigenvalue weighted by Crippen LogP contribution is -2.01. The van der Waals surface area contributed by atoms with E-state index in [0.717, 1.165) is 5.56 Å². The third-order valence-corrected chi connectivity index (χ3v) is 2.34. The number of esters is 1. The van der Waals surface area contributed by atoms with Gasteiger partial charge in [0, 0.05) is 0 Å². The average Bonchev–Trinajstić information content (AvgIpc) is 2.87. The molecule has 0 aliphatic heterocycles. The maximum absolute atomic E-state index is 11.3. The number of aromatic nitrogens is 2. The minimum Gasteiger partial charge on any atom is -0.496 e. The van der Waals surface area contributed by atoms with Gasteiger partial charge in [-0.3, -0.25) is 0 Å². The van der Waals surface area contributed by atoms with Crippen LogP contribution in [0.25, 0.3) is 11.4 Å². The highest BCUT2D eigenvalue weighted by molar-refractivity contribution is 5.87. The van der Waals surface area contributed by atoms with Gasteiger partial charge in [0.2, 0.25) is 0 Å². The summed E-state index contributed by atoms with van der Waals surface area (Å²) in [6, 6.07) is 7.43. The molecule has 0 atom stereocenters. The van der Waals surface area contributed by atoms with E-state index in [0.29, 0.717) is 17.3 Å². The Morgan fingerprint density at radius 3 is 2.76 bits per heavy atom. The summed E-state index contributed by atoms with van der Waals surface area (Å²) in [6.07, 6.45) is 1.44. The maximum Gasteiger partial charge on any atom is 0.356 e. The minimum atomic E-state index is -0.446. The van der Waals surface area contributed by atoms with E-state index in [-0.39, 0.29) is 0 Å². The van der Waals surface area contributed by atoms with Gasteiger partial charge < -0.3 is 14.5 Å². The first-order valence-electron chi connectivity index (χ1n) is 5.03. The monoisotopic (exact) mass is 232 g/mol. The highest BCUT2D eigenvalue weighted by atomic mass is 16.5. The quantitative estimate of drug-likeness (QED) is 0.820. The van der Waals surface area contributed by atoms with Gasteiger partial charge >= 0.3 is 5.97 Å². The molecule has 5 heteroatoms. The lowest BCUT2D eigenvalue weighted by atomic mass is 10.2. The van der Waals surface area contributed by atoms with Crippen LogP contribution in [0.3, 0.4) is 0 Å². The van der Waals surface area contributed by atoms with Crippen LogP contribution in [0.4, 0.5) is 0 Å². The summed E-state index contributed by atoms with van der Waals surface area (Å²) >= 11 is 0. The zero-order valence-electron chi connectivity index (χ0n) is 9.56. The standard InChI is InChI=1S/C12H12N2O3/c1-16-10-6-4-3-5-8(10)11-13-7-9(14-11)12(15)17-2/h3-7H,1-2H3,(H,13,14). The first-order chi connectivity index (χ1) is 8.26. The van der Waals surface area contributed by atoms with E-state index in [1.54, 1.807) is 7.11 Å². The van der Waals surface area contributed by atoms with Gasteiger partial charge in [-0.1, -0.05) is 12.1 Å². The largest absolute Gasteiger partial charge is 0.496 e. The van der Waals surface area contributed by atoms with Crippen molar-refractivity contribution >= 4 is 5.97 Å². The van der Waals surface area contributed by atoms with Crippen LogP contribution in [0.1, 0.15) is 10.5 Å². The van der Waals surface area contributed by atoms with Crippen LogP contribution in [0.15, 0.2) is 30.5 Å². The molecule has 17 heavy (non-hydrogen) atoms. The topological polar surface area (TPSA) is 64.2 Å². The smallest absolute Gasteiger partial charge is 0.356 e. The molecule has 1 N–H and O–H groups in total. The number of aromatic amines is 1. The van der Waals surface area contributed by atoms with Crippen LogP contribution in [-0.4, -0.2) is 30.2 Å². The number of para-hydroxylation sites is 1. The summed E-state index contributed by atoms with van der Waals surface area (Å²) < 4.78 is 9.82. The summed E-state index contributed by atoms with van der Waals surface area (Å²) in [7, 11) is 2.91. The fraction of sp³-hybridized carbons (Fsp3) is 0.167. The predicted octanol–water partition coefficient (Wildman–Crippen LogP) is 1.87. The lowest BCUT2D eigenvalue weighted by Gasteiger charge is -2.04. The minimum absolute atomic E-state index is 0.313. The van der Waals surface area contributed by atoms with Crippen molar-refractivity contribution in [3.63, 3.8) is 0 Å². The first-order valence-corrected chi connectivity index (χ1v) is 5.03. The second kappa shape index (κ2) is 4.69. The zero-order valence-corrected chi connectivity index (χ0v) is 9.56. The number of methoxy groups -OCH3 is 2. The van der Waals surface area contributed by atoms with Crippen molar-refractivity contribution in [2.45, 2.75) is 0 Å². The Hall–Kier alpha value is -2.30. The molecule has 2 rings (SSSR count). The molecule has 1 aromatic carbocycles. The van der Waals surface area contributed by atoms with Gasteiger partial charge in [0.1, 0.15) is 17.3 Å². The molecule has 0 amide bonds. The van der Waals surface area contributed by atoms with Gasteiger partial charge in [0.25, 0.3) is 0 Å². The summed E-state index contributed by atoms with van der Waals surface area (Å²) in [5, 5.41) is 0. The van der Waals surface area contributed by atoms with E-state index in [1.165, 1.54) is 13.3 Å². The van der Waals surface area contributed by atoms with Crippen LogP contribution in [-0.2, 0) is 4.74 Å². The Kier molecular flexibility index (Phi) is 3.09. The van der Waals surface area contributed by atoms with Crippen molar-refractivity contribution in [1.29, 1.82) is 0 Å². The molecular formula is C12H12N2O3. The predicted molar refractivity (Wildman–Crippen MR) is 61.9 cm³/mol. The molecule has 0 saturated carbocycles. The zero-order chi connectivity index (χ0) is 12.3. The average molecular weight is 232 g/mol. The van der Waals surface area contributed by atoms with E-state index < -0.39 is 5.97 Å². The van der Waals surface area contributed by atoms with E-state index in [4.69, 9.17) is 4.74 Å². The molecule has 0 radical (unpaired) electrons. The number of hydrogen-bond donors (Lipinski definition) is 1. The molecule has 0 fully saturated rings. The molecule has 0 spiro atoms. The van der Waals surface area contributed by atoms with Crippen LogP contribution in [0, 0.1) is 0 Å². The van der Waals surface area contributed by atoms with Crippen molar-refractivity contribution in [1.82, 2.24) is 9.97 Å². The van der Waals surface area contributed by atoms with Crippen LogP contribution >= 0.6 is 0 Å². The molecular weight excluding hydrogens is 220 g/mol. The number of hydrogen-bond acceptors (Lipinski definition) is 4. The Morgan fingerprint density at radius 1 is 1.29 bits per heavy atom. The molecule has 88 valence electrons. The van der Waals surface area contributed by atoms with Gasteiger partial charge in [0.05, 0.1) is 26.0 Å². The Bertz CT molecular complexity index is 534. The maximum atomic E-state index is 11.3. The molecule has 0 saturated heterocycles. The van der Waals surface area contributed by atoms with Gasteiger partial charge in [-0.2, -0.15) is 0 Å². The van der Waals surface area contributed by atoms with Crippen molar-refractivity contribution in [2.75, 3.05) is 14.2 Å². The number of nitrogens with zero attached hydrogens (tertiary/aromatic N) is 1. The fourth-order valence-corrected chi connectivity index (χ4v) is 1.51. The van der Waals surface area contributed by atoms with Crippen LogP contribution < -0.4 is 4.74 Å². The summed E-state index contributed by atoms with van der Waals surface area (Å²) in [6.45, 7) is 0. The fourth-order valence-electron chi connectivity index (χ4n) is 1.51. The molecule has 0 unspecified atom stereocenters. The molecule has 1 heterocycles. The van der Waals surface area contributed by atoms with Gasteiger partial charge in [-0.05, 0) is 12.1 Å². The Balaban J connectivity index is 2.40. The number of H-pyrrole nitrogens is 1. The van der Waals surface area contributed by atoms with Crippen molar-refractivity contribution in [3.8, 4) is 17.1 Å². The Morgan fingerprint density at radius 2 is 2.06 bits per heavy atom. The number of ether oxygens (including phenoxy) is 2. The first kappa shape index (κ1) is 11.2. The van der Waals surface area contributed by atoms with Gasteiger partial charge in [-0.15, -0.1) is 0 Å². The number of nitrogens with one attached hydrogen (secondary N) is 1. The molecule has 1 aromatic heterocycles. The normalized spacial score (nSPS) is 10.0. The summed E-state index contributed by atoms with van der Waals surface area (Å²) in [4.78, 5) is 18.3. The number of rotatable bonds is 3. The summed E-state index contributed by atoms with van der Waals surface area (Å²) in [5.41, 5.74) is 1.11. The van der Waals surface area contributed by atoms with Crippen LogP contribution in [0.5, 0.6) is 5.75 Å². The highest BCUT2D eigenvalue weighted by Crippen LogP contribution is 2.26. The van der Waals surface area contributed by atoms with Gasteiger partial charge in [0.15, 0.2) is 0 Å². The Labute approximate surface area is 98.4 Å². The highest BCUT2D eigenvalue weighted by Gasteiger charge is 2.12. The van der Waals surface area contributed by atoms with Crippen LogP contribution in [0.2, 0.25) is 0 Å². The summed E-state index contributed by atoms with van der Waals surface area (Å²) in [5.74, 6) is 0.819.